The van der Waals surface area contributed by atoms with Gasteiger partial charge in [-0.1, -0.05) is 0 Å². The van der Waals surface area contributed by atoms with E-state index >= 15 is 0 Å². The van der Waals surface area contributed by atoms with Gasteiger partial charge in [-0.3, -0.25) is 0 Å². The Morgan fingerprint density at radius 2 is 2.57 bits per heavy atom. The number of hydrogen-bond donors (Lipinski definition) is 0. The fourth-order valence-corrected chi connectivity index (χ4v) is 1.84. The molecule has 0 N–H and O–H groups in total. The molecule has 0 aromatic carbocycles. The van der Waals surface area contributed by atoms with Gasteiger partial charge >= 0.3 is 49.2 Å². The molecule has 2 heteroatoms. The first kappa shape index (κ1) is 4.98. The van der Waals surface area contributed by atoms with Crippen LogP contribution in [0.25, 0.3) is 0 Å². The normalized spacial score (nSPS) is 20.4. The SMILES string of the molecule is COC1=CC=C[AsH]1. The molecule has 1 nitrogen and oxygen atoms in total. The Labute approximate surface area is 49.7 Å². The van der Waals surface area contributed by atoms with Gasteiger partial charge in [-0.05, 0) is 0 Å². The van der Waals surface area contributed by atoms with E-state index < -0.39 is 0 Å². The van der Waals surface area contributed by atoms with Gasteiger partial charge in [0.25, 0.3) is 0 Å². The summed E-state index contributed by atoms with van der Waals surface area (Å²) in [7, 11) is 1.72. The number of methoxy groups -OCH3 is 1. The van der Waals surface area contributed by atoms with Crippen LogP contribution in [0.2, 0.25) is 0 Å². The zero-order chi connectivity index (χ0) is 5.11. The Kier molecular flexibility index (Phi) is 1.58. The summed E-state index contributed by atoms with van der Waals surface area (Å²) >= 11 is 0.0208. The fraction of sp³-hybridized carbons (Fsp3) is 0.200. The molecule has 1 unspecified atom stereocenters. The summed E-state index contributed by atoms with van der Waals surface area (Å²) in [6, 6.07) is 0. The maximum atomic E-state index is 4.97. The van der Waals surface area contributed by atoms with Crippen molar-refractivity contribution in [3.05, 3.63) is 21.6 Å². The molecular weight excluding hydrogens is 151 g/mol. The molecule has 38 valence electrons. The third-order valence-corrected chi connectivity index (χ3v) is 2.92. The first-order valence-corrected chi connectivity index (χ1v) is 4.37. The van der Waals surface area contributed by atoms with Crippen molar-refractivity contribution in [3.8, 4) is 0 Å². The summed E-state index contributed by atoms with van der Waals surface area (Å²) in [4.78, 5) is 2.19. The van der Waals surface area contributed by atoms with Crippen molar-refractivity contribution in [2.45, 2.75) is 0 Å². The third kappa shape index (κ3) is 1.10. The summed E-state index contributed by atoms with van der Waals surface area (Å²) in [5.41, 5.74) is 0. The number of hydrogen-bond acceptors (Lipinski definition) is 1. The Bertz CT molecular complexity index is 115. The molecule has 0 saturated carbocycles. The molecule has 0 bridgehead atoms. The number of rotatable bonds is 1. The van der Waals surface area contributed by atoms with E-state index in [-0.39, 0.29) is 15.8 Å². The maximum absolute atomic E-state index is 4.97. The van der Waals surface area contributed by atoms with Crippen molar-refractivity contribution in [3.63, 3.8) is 0 Å². The zero-order valence-electron chi connectivity index (χ0n) is 4.14. The minimum absolute atomic E-state index is 0.0208. The fourth-order valence-electron chi connectivity index (χ4n) is 0.441. The van der Waals surface area contributed by atoms with Gasteiger partial charge in [-0.2, -0.15) is 0 Å². The number of ether oxygens (including phenoxy) is 1. The van der Waals surface area contributed by atoms with Crippen molar-refractivity contribution in [1.29, 1.82) is 0 Å². The predicted molar refractivity (Wildman–Crippen MR) is 31.4 cm³/mol. The molecule has 1 heterocycles. The summed E-state index contributed by atoms with van der Waals surface area (Å²) in [5, 5.41) is 0. The van der Waals surface area contributed by atoms with Crippen LogP contribution in [0.4, 0.5) is 0 Å². The van der Waals surface area contributed by atoms with Crippen LogP contribution in [0.1, 0.15) is 0 Å². The number of allylic oxidation sites excluding steroid dienone is 2. The Hall–Kier alpha value is -0.162. The molecule has 0 fully saturated rings. The standard InChI is InChI=1S/C5H7AsO/c1-7-5-3-2-4-6-5/h2-4,6H,1H3. The monoisotopic (exact) mass is 158 g/mol. The molecular formula is C5H7AsO. The van der Waals surface area contributed by atoms with Crippen LogP contribution in [0.15, 0.2) is 21.6 Å². The van der Waals surface area contributed by atoms with E-state index in [2.05, 4.69) is 10.9 Å². The third-order valence-electron chi connectivity index (χ3n) is 0.789. The molecule has 1 atom stereocenters. The van der Waals surface area contributed by atoms with Crippen molar-refractivity contribution in [1.82, 2.24) is 0 Å². The van der Waals surface area contributed by atoms with Crippen LogP contribution in [0.5, 0.6) is 0 Å². The molecule has 0 aliphatic carbocycles. The molecule has 0 spiro atoms. The van der Waals surface area contributed by atoms with Crippen molar-refractivity contribution >= 4 is 15.8 Å². The van der Waals surface area contributed by atoms with Crippen molar-refractivity contribution < 1.29 is 4.74 Å². The van der Waals surface area contributed by atoms with Gasteiger partial charge in [0.05, 0.1) is 0 Å². The second kappa shape index (κ2) is 2.22. The summed E-state index contributed by atoms with van der Waals surface area (Å²) in [5.74, 6) is 0. The van der Waals surface area contributed by atoms with E-state index in [1.54, 1.807) is 7.11 Å². The van der Waals surface area contributed by atoms with Crippen LogP contribution in [0.3, 0.4) is 0 Å². The van der Waals surface area contributed by atoms with Crippen molar-refractivity contribution in [2.24, 2.45) is 0 Å². The van der Waals surface area contributed by atoms with Gasteiger partial charge in [-0.25, -0.2) is 0 Å². The molecule has 1 rings (SSSR count). The van der Waals surface area contributed by atoms with Crippen LogP contribution in [-0.2, 0) is 4.74 Å². The zero-order valence-corrected chi connectivity index (χ0v) is 6.24. The van der Waals surface area contributed by atoms with E-state index in [1.165, 1.54) is 4.55 Å². The van der Waals surface area contributed by atoms with Gasteiger partial charge in [0.2, 0.25) is 0 Å². The van der Waals surface area contributed by atoms with E-state index in [1.807, 2.05) is 6.08 Å². The molecule has 0 aromatic rings. The van der Waals surface area contributed by atoms with Gasteiger partial charge in [0.1, 0.15) is 0 Å². The average Bonchev–Trinajstić information content (AvgIpc) is 2.14. The van der Waals surface area contributed by atoms with E-state index in [0.717, 1.165) is 0 Å². The topological polar surface area (TPSA) is 9.23 Å². The van der Waals surface area contributed by atoms with Crippen molar-refractivity contribution in [2.75, 3.05) is 7.11 Å². The summed E-state index contributed by atoms with van der Waals surface area (Å²) < 4.78 is 6.15. The minimum atomic E-state index is 0.0208. The van der Waals surface area contributed by atoms with Crippen LogP contribution < -0.4 is 0 Å². The van der Waals surface area contributed by atoms with E-state index in [4.69, 9.17) is 4.74 Å². The first-order valence-electron chi connectivity index (χ1n) is 2.11. The van der Waals surface area contributed by atoms with Gasteiger partial charge in [0, 0.05) is 0 Å². The van der Waals surface area contributed by atoms with Crippen LogP contribution in [0, 0.1) is 0 Å². The Morgan fingerprint density at radius 1 is 1.71 bits per heavy atom. The second-order valence-electron chi connectivity index (χ2n) is 1.24. The average molecular weight is 158 g/mol. The molecule has 1 aliphatic heterocycles. The molecule has 0 saturated heterocycles. The van der Waals surface area contributed by atoms with Gasteiger partial charge < -0.3 is 0 Å². The molecule has 1 aliphatic rings. The Balaban J connectivity index is 2.45. The summed E-state index contributed by atoms with van der Waals surface area (Å²) in [6.07, 6.45) is 4.08. The first-order chi connectivity index (χ1) is 3.43. The quantitative estimate of drug-likeness (QED) is 0.503. The van der Waals surface area contributed by atoms with Crippen LogP contribution >= 0.6 is 0 Å². The molecule has 7 heavy (non-hydrogen) atoms. The molecule has 0 amide bonds. The molecule has 0 aromatic heterocycles. The van der Waals surface area contributed by atoms with E-state index in [0.29, 0.717) is 0 Å². The van der Waals surface area contributed by atoms with E-state index in [9.17, 15) is 0 Å². The molecule has 0 radical (unpaired) electrons. The second-order valence-corrected chi connectivity index (χ2v) is 3.58. The van der Waals surface area contributed by atoms with Crippen LogP contribution in [-0.4, -0.2) is 22.9 Å². The van der Waals surface area contributed by atoms with Gasteiger partial charge in [0.15, 0.2) is 0 Å². The Morgan fingerprint density at radius 3 is 2.86 bits per heavy atom. The van der Waals surface area contributed by atoms with Gasteiger partial charge in [-0.15, -0.1) is 0 Å². The summed E-state index contributed by atoms with van der Waals surface area (Å²) in [6.45, 7) is 0. The predicted octanol–water partition coefficient (Wildman–Crippen LogP) is 0.438.